The third-order valence-electron chi connectivity index (χ3n) is 3.28. The highest BCUT2D eigenvalue weighted by molar-refractivity contribution is 8.00. The molecule has 23 heavy (non-hydrogen) atoms. The van der Waals surface area contributed by atoms with Crippen molar-refractivity contribution in [1.82, 2.24) is 15.0 Å². The fourth-order valence-corrected chi connectivity index (χ4v) is 3.02. The maximum absolute atomic E-state index is 13.6. The first-order valence-electron chi connectivity index (χ1n) is 7.20. The number of nitrogens with zero attached hydrogens (tertiary/aromatic N) is 2. The van der Waals surface area contributed by atoms with Crippen LogP contribution in [0.1, 0.15) is 13.3 Å². The lowest BCUT2D eigenvalue weighted by atomic mass is 10.2. The average molecular weight is 330 g/mol. The molecule has 0 aliphatic carbocycles. The highest BCUT2D eigenvalue weighted by atomic mass is 32.2. The monoisotopic (exact) mass is 330 g/mol. The maximum atomic E-state index is 13.6. The number of para-hydroxylation sites is 1. The van der Waals surface area contributed by atoms with Gasteiger partial charge in [0.25, 0.3) is 0 Å². The van der Waals surface area contributed by atoms with E-state index >= 15 is 0 Å². The van der Waals surface area contributed by atoms with E-state index in [1.54, 1.807) is 18.3 Å². The molecule has 0 bridgehead atoms. The van der Waals surface area contributed by atoms with Crippen molar-refractivity contribution in [3.63, 3.8) is 0 Å². The molecule has 0 fully saturated rings. The molecular weight excluding hydrogens is 315 g/mol. The van der Waals surface area contributed by atoms with Crippen molar-refractivity contribution < 1.29 is 9.18 Å². The normalized spacial score (nSPS) is 12.3. The standard InChI is InChI=1S/C16H15FN4OS/c1-2-13(15(22)19-11-7-4-3-6-10(11)17)23-16-20-12-8-5-9-18-14(12)21-16/h3-9,13H,2H2,1H3,(H,19,22)(H,18,20,21)/t13-/m0/s1. The molecule has 7 heteroatoms. The quantitative estimate of drug-likeness (QED) is 0.701. The van der Waals surface area contributed by atoms with E-state index in [4.69, 9.17) is 0 Å². The van der Waals surface area contributed by atoms with Crippen LogP contribution < -0.4 is 5.32 Å². The van der Waals surface area contributed by atoms with Crippen molar-refractivity contribution in [3.8, 4) is 0 Å². The van der Waals surface area contributed by atoms with Crippen molar-refractivity contribution in [2.45, 2.75) is 23.8 Å². The Morgan fingerprint density at radius 3 is 2.91 bits per heavy atom. The molecule has 0 radical (unpaired) electrons. The van der Waals surface area contributed by atoms with Gasteiger partial charge in [-0.1, -0.05) is 30.8 Å². The number of H-pyrrole nitrogens is 1. The van der Waals surface area contributed by atoms with E-state index in [-0.39, 0.29) is 16.8 Å². The second-order valence-electron chi connectivity index (χ2n) is 4.90. The summed E-state index contributed by atoms with van der Waals surface area (Å²) in [5.41, 5.74) is 1.61. The molecule has 3 rings (SSSR count). The molecular formula is C16H15FN4OS. The summed E-state index contributed by atoms with van der Waals surface area (Å²) in [6.45, 7) is 1.90. The molecule has 118 valence electrons. The minimum atomic E-state index is -0.450. The molecule has 1 atom stereocenters. The summed E-state index contributed by atoms with van der Waals surface area (Å²) in [5, 5.41) is 2.86. The minimum absolute atomic E-state index is 0.183. The first kappa shape index (κ1) is 15.5. The molecule has 2 aromatic heterocycles. The number of fused-ring (bicyclic) bond motifs is 1. The number of imidazole rings is 1. The van der Waals surface area contributed by atoms with E-state index in [0.29, 0.717) is 17.2 Å². The zero-order valence-electron chi connectivity index (χ0n) is 12.4. The molecule has 3 aromatic rings. The zero-order chi connectivity index (χ0) is 16.2. The number of thioether (sulfide) groups is 1. The van der Waals surface area contributed by atoms with Crippen LogP contribution in [0.2, 0.25) is 0 Å². The topological polar surface area (TPSA) is 70.7 Å². The Kier molecular flexibility index (Phi) is 4.57. The molecule has 1 aromatic carbocycles. The number of carbonyl (C=O) groups is 1. The molecule has 0 saturated heterocycles. The van der Waals surface area contributed by atoms with E-state index in [9.17, 15) is 9.18 Å². The van der Waals surface area contributed by atoms with Crippen LogP contribution in [0.3, 0.4) is 0 Å². The number of benzene rings is 1. The van der Waals surface area contributed by atoms with Gasteiger partial charge in [-0.2, -0.15) is 0 Å². The van der Waals surface area contributed by atoms with Gasteiger partial charge < -0.3 is 10.3 Å². The molecule has 1 amide bonds. The Morgan fingerprint density at radius 2 is 2.17 bits per heavy atom. The number of hydrogen-bond donors (Lipinski definition) is 2. The third-order valence-corrected chi connectivity index (χ3v) is 4.53. The van der Waals surface area contributed by atoms with Crippen LogP contribution in [0, 0.1) is 5.82 Å². The van der Waals surface area contributed by atoms with Gasteiger partial charge in [-0.05, 0) is 30.7 Å². The summed E-state index contributed by atoms with van der Waals surface area (Å²) in [6.07, 6.45) is 2.26. The van der Waals surface area contributed by atoms with Crippen LogP contribution >= 0.6 is 11.8 Å². The Morgan fingerprint density at radius 1 is 1.35 bits per heavy atom. The van der Waals surface area contributed by atoms with E-state index in [1.165, 1.54) is 23.9 Å². The molecule has 0 saturated carbocycles. The number of pyridine rings is 1. The Balaban J connectivity index is 1.74. The minimum Gasteiger partial charge on any atom is -0.332 e. The van der Waals surface area contributed by atoms with Gasteiger partial charge in [-0.15, -0.1) is 0 Å². The van der Waals surface area contributed by atoms with E-state index in [1.807, 2.05) is 19.1 Å². The highest BCUT2D eigenvalue weighted by Crippen LogP contribution is 2.26. The number of rotatable bonds is 5. The largest absolute Gasteiger partial charge is 0.332 e. The Hall–Kier alpha value is -2.41. The first-order valence-corrected chi connectivity index (χ1v) is 8.08. The fourth-order valence-electron chi connectivity index (χ4n) is 2.11. The predicted octanol–water partition coefficient (Wildman–Crippen LogP) is 3.61. The summed E-state index contributed by atoms with van der Waals surface area (Å²) in [6, 6.07) is 9.80. The SMILES string of the molecule is CC[C@H](Sc1nc2ncccc2[nH]1)C(=O)Nc1ccccc1F. The lowest BCUT2D eigenvalue weighted by molar-refractivity contribution is -0.115. The summed E-state index contributed by atoms with van der Waals surface area (Å²) in [4.78, 5) is 24.0. The van der Waals surface area contributed by atoms with Crippen molar-refractivity contribution in [2.75, 3.05) is 5.32 Å². The van der Waals surface area contributed by atoms with Gasteiger partial charge in [0.2, 0.25) is 5.91 Å². The summed E-state index contributed by atoms with van der Waals surface area (Å²) in [7, 11) is 0. The van der Waals surface area contributed by atoms with Crippen molar-refractivity contribution in [2.24, 2.45) is 0 Å². The summed E-state index contributed by atoms with van der Waals surface area (Å²) >= 11 is 1.31. The Labute approximate surface area is 136 Å². The van der Waals surface area contributed by atoms with Crippen molar-refractivity contribution >= 4 is 34.5 Å². The van der Waals surface area contributed by atoms with Crippen LogP contribution in [-0.2, 0) is 4.79 Å². The number of amides is 1. The number of aromatic nitrogens is 3. The van der Waals surface area contributed by atoms with Gasteiger partial charge in [0.15, 0.2) is 10.8 Å². The molecule has 0 aliphatic heterocycles. The zero-order valence-corrected chi connectivity index (χ0v) is 13.2. The number of aromatic amines is 1. The van der Waals surface area contributed by atoms with Gasteiger partial charge in [0.1, 0.15) is 5.82 Å². The molecule has 0 spiro atoms. The second kappa shape index (κ2) is 6.78. The molecule has 5 nitrogen and oxygen atoms in total. The number of carbonyl (C=O) groups excluding carboxylic acids is 1. The van der Waals surface area contributed by atoms with Crippen LogP contribution in [0.4, 0.5) is 10.1 Å². The number of anilines is 1. The highest BCUT2D eigenvalue weighted by Gasteiger charge is 2.21. The van der Waals surface area contributed by atoms with Crippen LogP contribution in [-0.4, -0.2) is 26.1 Å². The third kappa shape index (κ3) is 3.50. The number of nitrogens with one attached hydrogen (secondary N) is 2. The second-order valence-corrected chi connectivity index (χ2v) is 6.09. The van der Waals surface area contributed by atoms with Gasteiger partial charge in [-0.3, -0.25) is 4.79 Å². The average Bonchev–Trinajstić information content (AvgIpc) is 2.97. The number of hydrogen-bond acceptors (Lipinski definition) is 4. The van der Waals surface area contributed by atoms with Gasteiger partial charge in [-0.25, -0.2) is 14.4 Å². The smallest absolute Gasteiger partial charge is 0.238 e. The molecule has 0 unspecified atom stereocenters. The lowest BCUT2D eigenvalue weighted by Crippen LogP contribution is -2.25. The molecule has 0 aliphatic rings. The predicted molar refractivity (Wildman–Crippen MR) is 88.9 cm³/mol. The summed E-state index contributed by atoms with van der Waals surface area (Å²) < 4.78 is 13.6. The van der Waals surface area contributed by atoms with Gasteiger partial charge in [0, 0.05) is 6.20 Å². The van der Waals surface area contributed by atoms with E-state index in [2.05, 4.69) is 20.3 Å². The maximum Gasteiger partial charge on any atom is 0.238 e. The lowest BCUT2D eigenvalue weighted by Gasteiger charge is -2.13. The van der Waals surface area contributed by atoms with E-state index in [0.717, 1.165) is 5.52 Å². The van der Waals surface area contributed by atoms with Gasteiger partial charge in [0.05, 0.1) is 16.5 Å². The Bertz CT molecular complexity index is 803. The number of halogens is 1. The van der Waals surface area contributed by atoms with Gasteiger partial charge >= 0.3 is 0 Å². The molecule has 2 heterocycles. The molecule has 2 N–H and O–H groups in total. The van der Waals surface area contributed by atoms with Crippen LogP contribution in [0.5, 0.6) is 0 Å². The van der Waals surface area contributed by atoms with Crippen molar-refractivity contribution in [3.05, 3.63) is 48.4 Å². The van der Waals surface area contributed by atoms with Crippen molar-refractivity contribution in [1.29, 1.82) is 0 Å². The first-order chi connectivity index (χ1) is 11.2. The van der Waals surface area contributed by atoms with Crippen LogP contribution in [0.25, 0.3) is 11.2 Å². The van der Waals surface area contributed by atoms with E-state index < -0.39 is 5.82 Å². The summed E-state index contributed by atoms with van der Waals surface area (Å²) in [5.74, 6) is -0.704. The fraction of sp³-hybridized carbons (Fsp3) is 0.188. The van der Waals surface area contributed by atoms with Crippen LogP contribution in [0.15, 0.2) is 47.8 Å².